The number of anilines is 1. The van der Waals surface area contributed by atoms with Gasteiger partial charge in [-0.25, -0.2) is 4.79 Å². The number of piperidine rings is 1. The normalized spacial score (nSPS) is 23.4. The van der Waals surface area contributed by atoms with Crippen molar-refractivity contribution >= 4 is 27.6 Å². The number of carboxylic acid groups (broad SMARTS) is 1. The van der Waals surface area contributed by atoms with E-state index in [0.717, 1.165) is 25.2 Å². The Hall–Kier alpha value is -1.07. The highest BCUT2D eigenvalue weighted by atomic mass is 79.9. The maximum atomic E-state index is 11.0. The molecule has 0 radical (unpaired) electrons. The molecule has 1 aliphatic rings. The Bertz CT molecular complexity index is 478. The van der Waals surface area contributed by atoms with Crippen LogP contribution in [0.1, 0.15) is 23.7 Å². The molecule has 1 aromatic carbocycles. The van der Waals surface area contributed by atoms with E-state index < -0.39 is 5.97 Å². The van der Waals surface area contributed by atoms with Crippen LogP contribution in [0.25, 0.3) is 0 Å². The molecule has 0 aromatic heterocycles. The number of methoxy groups -OCH3 is 1. The van der Waals surface area contributed by atoms with E-state index in [0.29, 0.717) is 10.4 Å². The van der Waals surface area contributed by atoms with Crippen molar-refractivity contribution in [3.05, 3.63) is 28.2 Å². The lowest BCUT2D eigenvalue weighted by Gasteiger charge is -2.37. The average Bonchev–Trinajstić information content (AvgIpc) is 2.38. The highest BCUT2D eigenvalue weighted by molar-refractivity contribution is 9.10. The quantitative estimate of drug-likeness (QED) is 0.927. The van der Waals surface area contributed by atoms with E-state index in [4.69, 9.17) is 9.84 Å². The summed E-state index contributed by atoms with van der Waals surface area (Å²) >= 11 is 3.32. The first-order chi connectivity index (χ1) is 9.02. The molecule has 1 aromatic rings. The zero-order chi connectivity index (χ0) is 14.0. The molecule has 4 nitrogen and oxygen atoms in total. The highest BCUT2D eigenvalue weighted by Crippen LogP contribution is 2.28. The third kappa shape index (κ3) is 3.09. The lowest BCUT2D eigenvalue weighted by molar-refractivity contribution is 0.0498. The van der Waals surface area contributed by atoms with Gasteiger partial charge in [0.25, 0.3) is 0 Å². The molecule has 1 saturated heterocycles. The second-order valence-corrected chi connectivity index (χ2v) is 5.81. The summed E-state index contributed by atoms with van der Waals surface area (Å²) in [4.78, 5) is 13.2. The summed E-state index contributed by atoms with van der Waals surface area (Å²) in [5.74, 6) is -0.358. The maximum absolute atomic E-state index is 11.0. The van der Waals surface area contributed by atoms with E-state index >= 15 is 0 Å². The summed E-state index contributed by atoms with van der Waals surface area (Å²) in [5, 5.41) is 9.02. The summed E-state index contributed by atoms with van der Waals surface area (Å²) < 4.78 is 6.12. The van der Waals surface area contributed by atoms with E-state index in [-0.39, 0.29) is 11.7 Å². The van der Waals surface area contributed by atoms with Crippen molar-refractivity contribution in [2.75, 3.05) is 25.1 Å². The van der Waals surface area contributed by atoms with Crippen LogP contribution in [0.4, 0.5) is 5.69 Å². The van der Waals surface area contributed by atoms with Crippen LogP contribution in [0.3, 0.4) is 0 Å². The molecule has 19 heavy (non-hydrogen) atoms. The van der Waals surface area contributed by atoms with Gasteiger partial charge >= 0.3 is 5.97 Å². The Morgan fingerprint density at radius 1 is 1.53 bits per heavy atom. The zero-order valence-electron chi connectivity index (χ0n) is 11.1. The number of carbonyl (C=O) groups is 1. The Morgan fingerprint density at radius 2 is 2.26 bits per heavy atom. The monoisotopic (exact) mass is 327 g/mol. The van der Waals surface area contributed by atoms with E-state index in [9.17, 15) is 4.79 Å². The number of rotatable bonds is 3. The van der Waals surface area contributed by atoms with Crippen molar-refractivity contribution in [2.45, 2.75) is 19.4 Å². The van der Waals surface area contributed by atoms with Crippen LogP contribution < -0.4 is 4.90 Å². The maximum Gasteiger partial charge on any atom is 0.336 e. The molecular weight excluding hydrogens is 310 g/mol. The van der Waals surface area contributed by atoms with Gasteiger partial charge in [0.15, 0.2) is 0 Å². The third-order valence-corrected chi connectivity index (χ3v) is 4.40. The van der Waals surface area contributed by atoms with Crippen LogP contribution in [0.5, 0.6) is 0 Å². The van der Waals surface area contributed by atoms with Crippen molar-refractivity contribution in [2.24, 2.45) is 5.92 Å². The average molecular weight is 328 g/mol. The van der Waals surface area contributed by atoms with E-state index in [1.54, 1.807) is 13.2 Å². The molecule has 1 fully saturated rings. The second kappa shape index (κ2) is 5.92. The molecule has 2 unspecified atom stereocenters. The number of nitrogens with zero attached hydrogens (tertiary/aromatic N) is 1. The van der Waals surface area contributed by atoms with Crippen molar-refractivity contribution < 1.29 is 14.6 Å². The summed E-state index contributed by atoms with van der Waals surface area (Å²) in [6.45, 7) is 4.02. The summed E-state index contributed by atoms with van der Waals surface area (Å²) in [5.41, 5.74) is 1.32. The van der Waals surface area contributed by atoms with Gasteiger partial charge in [0, 0.05) is 30.4 Å². The SMILES string of the molecule is COC1CN(c2ccc(C(=O)O)c(Br)c2)CCC1C. The minimum Gasteiger partial charge on any atom is -0.478 e. The number of halogens is 1. The Balaban J connectivity index is 2.18. The van der Waals surface area contributed by atoms with Crippen LogP contribution in [0.2, 0.25) is 0 Å². The topological polar surface area (TPSA) is 49.8 Å². The third-order valence-electron chi connectivity index (χ3n) is 3.74. The smallest absolute Gasteiger partial charge is 0.336 e. The van der Waals surface area contributed by atoms with Crippen molar-refractivity contribution in [3.8, 4) is 0 Å². The summed E-state index contributed by atoms with van der Waals surface area (Å²) in [7, 11) is 1.74. The minimum atomic E-state index is -0.916. The number of aromatic carboxylic acids is 1. The fourth-order valence-electron chi connectivity index (χ4n) is 2.45. The molecule has 1 aliphatic heterocycles. The van der Waals surface area contributed by atoms with Gasteiger partial charge in [-0.05, 0) is 46.5 Å². The molecule has 2 rings (SSSR count). The second-order valence-electron chi connectivity index (χ2n) is 4.96. The van der Waals surface area contributed by atoms with Crippen LogP contribution >= 0.6 is 15.9 Å². The lowest BCUT2D eigenvalue weighted by Crippen LogP contribution is -2.43. The molecule has 0 amide bonds. The van der Waals surface area contributed by atoms with Gasteiger partial charge in [0.05, 0.1) is 11.7 Å². The largest absolute Gasteiger partial charge is 0.478 e. The van der Waals surface area contributed by atoms with E-state index in [1.807, 2.05) is 12.1 Å². The first kappa shape index (κ1) is 14.3. The molecule has 2 atom stereocenters. The Morgan fingerprint density at radius 3 is 2.84 bits per heavy atom. The molecule has 1 heterocycles. The number of hydrogen-bond donors (Lipinski definition) is 1. The zero-order valence-corrected chi connectivity index (χ0v) is 12.7. The highest BCUT2D eigenvalue weighted by Gasteiger charge is 2.26. The molecule has 0 aliphatic carbocycles. The van der Waals surface area contributed by atoms with E-state index in [1.165, 1.54) is 0 Å². The summed E-state index contributed by atoms with van der Waals surface area (Å²) in [6, 6.07) is 5.37. The number of carboxylic acids is 1. The molecule has 104 valence electrons. The van der Waals surface area contributed by atoms with Gasteiger partial charge in [-0.15, -0.1) is 0 Å². The van der Waals surface area contributed by atoms with Crippen LogP contribution in [-0.4, -0.2) is 37.4 Å². The number of hydrogen-bond acceptors (Lipinski definition) is 3. The van der Waals surface area contributed by atoms with Gasteiger partial charge < -0.3 is 14.7 Å². The number of ether oxygens (including phenoxy) is 1. The molecule has 5 heteroatoms. The van der Waals surface area contributed by atoms with Crippen LogP contribution in [0, 0.1) is 5.92 Å². The molecular formula is C14H18BrNO3. The van der Waals surface area contributed by atoms with Gasteiger partial charge in [-0.1, -0.05) is 6.92 Å². The van der Waals surface area contributed by atoms with Crippen LogP contribution in [-0.2, 0) is 4.74 Å². The molecule has 0 bridgehead atoms. The van der Waals surface area contributed by atoms with Crippen LogP contribution in [0.15, 0.2) is 22.7 Å². The predicted molar refractivity (Wildman–Crippen MR) is 77.9 cm³/mol. The minimum absolute atomic E-state index is 0.228. The van der Waals surface area contributed by atoms with Gasteiger partial charge in [-0.2, -0.15) is 0 Å². The van der Waals surface area contributed by atoms with Gasteiger partial charge in [-0.3, -0.25) is 0 Å². The van der Waals surface area contributed by atoms with Crippen molar-refractivity contribution in [1.82, 2.24) is 0 Å². The first-order valence-corrected chi connectivity index (χ1v) is 7.12. The van der Waals surface area contributed by atoms with Crippen molar-refractivity contribution in [1.29, 1.82) is 0 Å². The lowest BCUT2D eigenvalue weighted by atomic mass is 9.95. The van der Waals surface area contributed by atoms with Gasteiger partial charge in [0.2, 0.25) is 0 Å². The Labute approximate surface area is 121 Å². The molecule has 1 N–H and O–H groups in total. The fraction of sp³-hybridized carbons (Fsp3) is 0.500. The van der Waals surface area contributed by atoms with E-state index in [2.05, 4.69) is 27.8 Å². The summed E-state index contributed by atoms with van der Waals surface area (Å²) in [6.07, 6.45) is 1.31. The predicted octanol–water partition coefficient (Wildman–Crippen LogP) is 3.01. The van der Waals surface area contributed by atoms with Crippen molar-refractivity contribution in [3.63, 3.8) is 0 Å². The van der Waals surface area contributed by atoms with Gasteiger partial charge in [0.1, 0.15) is 0 Å². The fourth-order valence-corrected chi connectivity index (χ4v) is 2.99. The molecule has 0 saturated carbocycles. The standard InChI is InChI=1S/C14H18BrNO3/c1-9-5-6-16(8-13(9)19-2)10-3-4-11(14(17)18)12(15)7-10/h3-4,7,9,13H,5-6,8H2,1-2H3,(H,17,18). The number of benzene rings is 1. The first-order valence-electron chi connectivity index (χ1n) is 6.33. The Kier molecular flexibility index (Phi) is 4.47. The molecule has 0 spiro atoms.